The fraction of sp³-hybridized carbons (Fsp3) is 0.750. The minimum atomic E-state index is -4.78. The molecule has 1 aromatic rings. The molecule has 1 saturated carbocycles. The minimum Gasteiger partial charge on any atom is -0.481 e. The lowest BCUT2D eigenvalue weighted by Gasteiger charge is -2.27. The standard InChI is InChI=1S/C12H14F3N3O3/c13-12(14,15)11(10(19)20)3-4-18(6-11)5-8-16-9(17-21-8)7-1-2-7/h7H,1-6H2,(H,19,20). The Hall–Kier alpha value is -1.64. The maximum absolute atomic E-state index is 13.0. The molecule has 0 aromatic carbocycles. The monoisotopic (exact) mass is 305 g/mol. The first kappa shape index (κ1) is 14.3. The van der Waals surface area contributed by atoms with E-state index >= 15 is 0 Å². The van der Waals surface area contributed by atoms with E-state index in [2.05, 4.69) is 10.1 Å². The second-order valence-electron chi connectivity index (χ2n) is 5.67. The quantitative estimate of drug-likeness (QED) is 0.913. The van der Waals surface area contributed by atoms with Crippen LogP contribution in [-0.2, 0) is 11.3 Å². The molecular weight excluding hydrogens is 291 g/mol. The molecule has 1 unspecified atom stereocenters. The molecule has 2 heterocycles. The van der Waals surface area contributed by atoms with Crippen LogP contribution in [0.15, 0.2) is 4.52 Å². The number of aliphatic carboxylic acids is 1. The van der Waals surface area contributed by atoms with E-state index in [0.717, 1.165) is 12.8 Å². The van der Waals surface area contributed by atoms with Crippen molar-refractivity contribution in [2.75, 3.05) is 13.1 Å². The average molecular weight is 305 g/mol. The van der Waals surface area contributed by atoms with Gasteiger partial charge in [-0.3, -0.25) is 9.69 Å². The van der Waals surface area contributed by atoms with E-state index in [0.29, 0.717) is 11.7 Å². The fourth-order valence-electron chi connectivity index (χ4n) is 2.58. The van der Waals surface area contributed by atoms with Crippen molar-refractivity contribution in [2.24, 2.45) is 5.41 Å². The van der Waals surface area contributed by atoms with Crippen LogP contribution in [0.4, 0.5) is 13.2 Å². The van der Waals surface area contributed by atoms with Gasteiger partial charge in [-0.15, -0.1) is 0 Å². The largest absolute Gasteiger partial charge is 0.481 e. The van der Waals surface area contributed by atoms with Gasteiger partial charge in [0, 0.05) is 19.0 Å². The van der Waals surface area contributed by atoms with Crippen molar-refractivity contribution in [3.8, 4) is 0 Å². The van der Waals surface area contributed by atoms with Crippen molar-refractivity contribution < 1.29 is 27.6 Å². The molecule has 0 bridgehead atoms. The smallest absolute Gasteiger partial charge is 0.406 e. The Bertz CT molecular complexity index is 555. The van der Waals surface area contributed by atoms with Gasteiger partial charge in [-0.05, 0) is 19.3 Å². The second kappa shape index (κ2) is 4.69. The second-order valence-corrected chi connectivity index (χ2v) is 5.67. The molecular formula is C12H14F3N3O3. The van der Waals surface area contributed by atoms with Gasteiger partial charge < -0.3 is 9.63 Å². The summed E-state index contributed by atoms with van der Waals surface area (Å²) in [6.07, 6.45) is -3.24. The third-order valence-corrected chi connectivity index (χ3v) is 4.09. The van der Waals surface area contributed by atoms with E-state index in [4.69, 9.17) is 9.63 Å². The Labute approximate surface area is 117 Å². The van der Waals surface area contributed by atoms with Crippen LogP contribution in [0.3, 0.4) is 0 Å². The average Bonchev–Trinajstić information content (AvgIpc) is 2.96. The molecule has 1 aromatic heterocycles. The molecule has 3 rings (SSSR count). The molecule has 1 aliphatic heterocycles. The number of hydrogen-bond donors (Lipinski definition) is 1. The lowest BCUT2D eigenvalue weighted by molar-refractivity contribution is -0.227. The van der Waals surface area contributed by atoms with E-state index in [1.165, 1.54) is 4.90 Å². The molecule has 116 valence electrons. The normalized spacial score (nSPS) is 27.2. The highest BCUT2D eigenvalue weighted by Crippen LogP contribution is 2.46. The van der Waals surface area contributed by atoms with Crippen LogP contribution < -0.4 is 0 Å². The van der Waals surface area contributed by atoms with Crippen LogP contribution in [0.2, 0.25) is 0 Å². The lowest BCUT2D eigenvalue weighted by Crippen LogP contribution is -2.47. The van der Waals surface area contributed by atoms with Gasteiger partial charge >= 0.3 is 12.1 Å². The summed E-state index contributed by atoms with van der Waals surface area (Å²) in [5.74, 6) is -0.708. The van der Waals surface area contributed by atoms with Crippen molar-refractivity contribution in [1.82, 2.24) is 15.0 Å². The Kier molecular flexibility index (Phi) is 3.19. The summed E-state index contributed by atoms with van der Waals surface area (Å²) in [6.45, 7) is -0.509. The Balaban J connectivity index is 1.69. The molecule has 1 N–H and O–H groups in total. The number of nitrogens with zero attached hydrogens (tertiary/aromatic N) is 3. The number of alkyl halides is 3. The van der Waals surface area contributed by atoms with E-state index in [9.17, 15) is 18.0 Å². The molecule has 1 atom stereocenters. The van der Waals surface area contributed by atoms with E-state index in [1.807, 2.05) is 0 Å². The van der Waals surface area contributed by atoms with Gasteiger partial charge in [-0.1, -0.05) is 5.16 Å². The van der Waals surface area contributed by atoms with Crippen molar-refractivity contribution in [1.29, 1.82) is 0 Å². The summed E-state index contributed by atoms with van der Waals surface area (Å²) in [7, 11) is 0. The summed E-state index contributed by atoms with van der Waals surface area (Å²) in [5, 5.41) is 12.8. The first-order valence-corrected chi connectivity index (χ1v) is 6.67. The summed E-state index contributed by atoms with van der Waals surface area (Å²) < 4.78 is 44.1. The van der Waals surface area contributed by atoms with E-state index in [1.54, 1.807) is 0 Å². The van der Waals surface area contributed by atoms with Crippen molar-refractivity contribution in [3.05, 3.63) is 11.7 Å². The highest BCUT2D eigenvalue weighted by Gasteiger charge is 2.63. The minimum absolute atomic E-state index is 0.0347. The molecule has 6 nitrogen and oxygen atoms in total. The van der Waals surface area contributed by atoms with Gasteiger partial charge in [0.1, 0.15) is 0 Å². The Morgan fingerprint density at radius 2 is 2.19 bits per heavy atom. The predicted molar refractivity (Wildman–Crippen MR) is 62.3 cm³/mol. The molecule has 2 aliphatic rings. The predicted octanol–water partition coefficient (Wildman–Crippen LogP) is 1.79. The van der Waals surface area contributed by atoms with Crippen molar-refractivity contribution in [2.45, 2.75) is 37.9 Å². The number of aromatic nitrogens is 2. The van der Waals surface area contributed by atoms with Crippen LogP contribution in [0.25, 0.3) is 0 Å². The number of rotatable bonds is 4. The van der Waals surface area contributed by atoms with E-state index < -0.39 is 30.5 Å². The lowest BCUT2D eigenvalue weighted by atomic mass is 9.86. The molecule has 0 amide bonds. The zero-order valence-corrected chi connectivity index (χ0v) is 11.1. The summed E-state index contributed by atoms with van der Waals surface area (Å²) >= 11 is 0. The van der Waals surface area contributed by atoms with Crippen molar-refractivity contribution >= 4 is 5.97 Å². The van der Waals surface area contributed by atoms with Gasteiger partial charge in [-0.2, -0.15) is 18.2 Å². The molecule has 9 heteroatoms. The van der Waals surface area contributed by atoms with Crippen LogP contribution in [0.5, 0.6) is 0 Å². The maximum atomic E-state index is 13.0. The van der Waals surface area contributed by atoms with Crippen LogP contribution >= 0.6 is 0 Å². The summed E-state index contributed by atoms with van der Waals surface area (Å²) in [6, 6.07) is 0. The Morgan fingerprint density at radius 1 is 1.48 bits per heavy atom. The first-order valence-electron chi connectivity index (χ1n) is 6.67. The Morgan fingerprint density at radius 3 is 2.71 bits per heavy atom. The third kappa shape index (κ3) is 2.50. The molecule has 0 spiro atoms. The SMILES string of the molecule is O=C(O)C1(C(F)(F)F)CCN(Cc2nc(C3CC3)no2)C1. The zero-order valence-electron chi connectivity index (χ0n) is 11.1. The maximum Gasteiger partial charge on any atom is 0.406 e. The molecule has 1 saturated heterocycles. The molecule has 0 radical (unpaired) electrons. The molecule has 1 aliphatic carbocycles. The number of carbonyl (C=O) groups is 1. The number of carboxylic acid groups (broad SMARTS) is 1. The topological polar surface area (TPSA) is 79.5 Å². The zero-order chi connectivity index (χ0) is 15.3. The summed E-state index contributed by atoms with van der Waals surface area (Å²) in [4.78, 5) is 16.6. The van der Waals surface area contributed by atoms with Crippen LogP contribution in [0, 0.1) is 5.41 Å². The van der Waals surface area contributed by atoms with Crippen molar-refractivity contribution in [3.63, 3.8) is 0 Å². The third-order valence-electron chi connectivity index (χ3n) is 4.09. The molecule has 21 heavy (non-hydrogen) atoms. The van der Waals surface area contributed by atoms with Crippen LogP contribution in [0.1, 0.15) is 36.9 Å². The van der Waals surface area contributed by atoms with Gasteiger partial charge in [0.15, 0.2) is 11.2 Å². The van der Waals surface area contributed by atoms with Gasteiger partial charge in [-0.25, -0.2) is 0 Å². The van der Waals surface area contributed by atoms with Gasteiger partial charge in [0.2, 0.25) is 5.89 Å². The fourth-order valence-corrected chi connectivity index (χ4v) is 2.58. The number of carboxylic acids is 1. The van der Waals surface area contributed by atoms with E-state index in [-0.39, 0.29) is 19.0 Å². The highest BCUT2D eigenvalue weighted by atomic mass is 19.4. The number of halogens is 3. The number of likely N-dealkylation sites (tertiary alicyclic amines) is 1. The summed E-state index contributed by atoms with van der Waals surface area (Å²) in [5.41, 5.74) is -2.70. The highest BCUT2D eigenvalue weighted by molar-refractivity contribution is 5.76. The first-order chi connectivity index (χ1) is 9.82. The van der Waals surface area contributed by atoms with Gasteiger partial charge in [0.25, 0.3) is 0 Å². The van der Waals surface area contributed by atoms with Crippen LogP contribution in [-0.4, -0.2) is 45.4 Å². The number of hydrogen-bond acceptors (Lipinski definition) is 5. The van der Waals surface area contributed by atoms with Gasteiger partial charge in [0.05, 0.1) is 6.54 Å². The molecule has 2 fully saturated rings.